The molecule has 0 fully saturated rings. The van der Waals surface area contributed by atoms with Crippen LogP contribution in [0.2, 0.25) is 0 Å². The summed E-state index contributed by atoms with van der Waals surface area (Å²) in [4.78, 5) is 19.9. The summed E-state index contributed by atoms with van der Waals surface area (Å²) in [5.74, 6) is -0.449. The standard InChI is InChI=1S/C20H19FN4O2/c1-2-17-9-15(20(26)27)10-18(24-17)11-22-12-19-23-7-8-25(19)13-14-3-5-16(21)6-4-14/h2-10,22H,1,11-13H2,(H,26,27). The number of hydrogen-bond acceptors (Lipinski definition) is 4. The van der Waals surface area contributed by atoms with E-state index in [2.05, 4.69) is 21.9 Å². The second-order valence-electron chi connectivity index (χ2n) is 5.98. The van der Waals surface area contributed by atoms with E-state index in [0.29, 0.717) is 31.0 Å². The van der Waals surface area contributed by atoms with Crippen molar-refractivity contribution < 1.29 is 14.3 Å². The van der Waals surface area contributed by atoms with Crippen molar-refractivity contribution in [3.63, 3.8) is 0 Å². The van der Waals surface area contributed by atoms with Gasteiger partial charge in [-0.1, -0.05) is 18.7 Å². The lowest BCUT2D eigenvalue weighted by Gasteiger charge is -2.10. The van der Waals surface area contributed by atoms with Crippen molar-refractivity contribution in [3.05, 3.63) is 89.5 Å². The third-order valence-corrected chi connectivity index (χ3v) is 4.01. The normalized spacial score (nSPS) is 10.7. The van der Waals surface area contributed by atoms with Crippen LogP contribution in [0.3, 0.4) is 0 Å². The van der Waals surface area contributed by atoms with Gasteiger partial charge in [0.25, 0.3) is 0 Å². The highest BCUT2D eigenvalue weighted by molar-refractivity contribution is 5.88. The molecule has 0 radical (unpaired) electrons. The highest BCUT2D eigenvalue weighted by Gasteiger charge is 2.08. The van der Waals surface area contributed by atoms with Gasteiger partial charge in [0.2, 0.25) is 0 Å². The SMILES string of the molecule is C=Cc1cc(C(=O)O)cc(CNCc2nccn2Cc2ccc(F)cc2)n1. The predicted octanol–water partition coefficient (Wildman–Crippen LogP) is 3.10. The summed E-state index contributed by atoms with van der Waals surface area (Å²) < 4.78 is 15.0. The van der Waals surface area contributed by atoms with Gasteiger partial charge in [-0.15, -0.1) is 0 Å². The Morgan fingerprint density at radius 2 is 2.04 bits per heavy atom. The highest BCUT2D eigenvalue weighted by atomic mass is 19.1. The van der Waals surface area contributed by atoms with Crippen molar-refractivity contribution >= 4 is 12.0 Å². The van der Waals surface area contributed by atoms with Gasteiger partial charge in [-0.25, -0.2) is 14.2 Å². The number of imidazole rings is 1. The van der Waals surface area contributed by atoms with Crippen LogP contribution in [-0.4, -0.2) is 25.6 Å². The third kappa shape index (κ3) is 4.86. The number of benzene rings is 1. The Balaban J connectivity index is 1.64. The molecule has 7 heteroatoms. The number of hydrogen-bond donors (Lipinski definition) is 2. The van der Waals surface area contributed by atoms with Gasteiger partial charge in [0.15, 0.2) is 0 Å². The van der Waals surface area contributed by atoms with E-state index in [1.165, 1.54) is 30.3 Å². The summed E-state index contributed by atoms with van der Waals surface area (Å²) in [5.41, 5.74) is 2.28. The number of aromatic nitrogens is 3. The molecule has 27 heavy (non-hydrogen) atoms. The molecule has 0 amide bonds. The fourth-order valence-electron chi connectivity index (χ4n) is 2.67. The Morgan fingerprint density at radius 3 is 2.74 bits per heavy atom. The van der Waals surface area contributed by atoms with Crippen molar-refractivity contribution in [2.75, 3.05) is 0 Å². The molecule has 138 valence electrons. The largest absolute Gasteiger partial charge is 0.478 e. The second kappa shape index (κ2) is 8.37. The summed E-state index contributed by atoms with van der Waals surface area (Å²) >= 11 is 0. The Morgan fingerprint density at radius 1 is 1.26 bits per heavy atom. The van der Waals surface area contributed by atoms with Gasteiger partial charge in [0.1, 0.15) is 11.6 Å². The van der Waals surface area contributed by atoms with Crippen molar-refractivity contribution in [1.82, 2.24) is 19.9 Å². The number of halogens is 1. The van der Waals surface area contributed by atoms with Crippen LogP contribution in [0.5, 0.6) is 0 Å². The Labute approximate surface area is 156 Å². The molecular weight excluding hydrogens is 347 g/mol. The number of carboxylic acids is 1. The van der Waals surface area contributed by atoms with Crippen molar-refractivity contribution in [1.29, 1.82) is 0 Å². The first-order chi connectivity index (χ1) is 13.0. The van der Waals surface area contributed by atoms with E-state index in [1.807, 2.05) is 10.8 Å². The third-order valence-electron chi connectivity index (χ3n) is 4.01. The Bertz CT molecular complexity index is 951. The summed E-state index contributed by atoms with van der Waals surface area (Å²) in [6, 6.07) is 9.36. The van der Waals surface area contributed by atoms with Gasteiger partial charge >= 0.3 is 5.97 Å². The van der Waals surface area contributed by atoms with Gasteiger partial charge in [-0.05, 0) is 35.9 Å². The minimum atomic E-state index is -1.00. The lowest BCUT2D eigenvalue weighted by Crippen LogP contribution is -2.18. The first-order valence-electron chi connectivity index (χ1n) is 8.37. The molecule has 0 aliphatic carbocycles. The molecule has 3 rings (SSSR count). The van der Waals surface area contributed by atoms with Crippen LogP contribution in [0.4, 0.5) is 4.39 Å². The molecule has 0 unspecified atom stereocenters. The zero-order chi connectivity index (χ0) is 19.2. The van der Waals surface area contributed by atoms with Gasteiger partial charge < -0.3 is 15.0 Å². The van der Waals surface area contributed by atoms with Crippen LogP contribution in [0.25, 0.3) is 6.08 Å². The molecule has 3 aromatic rings. The molecule has 0 saturated carbocycles. The van der Waals surface area contributed by atoms with Crippen molar-refractivity contribution in [2.45, 2.75) is 19.6 Å². The molecule has 0 aliphatic heterocycles. The molecule has 0 saturated heterocycles. The van der Waals surface area contributed by atoms with E-state index in [1.54, 1.807) is 18.3 Å². The van der Waals surface area contributed by atoms with Gasteiger partial charge in [-0.3, -0.25) is 4.98 Å². The van der Waals surface area contributed by atoms with Crippen LogP contribution in [0.1, 0.15) is 33.1 Å². The lowest BCUT2D eigenvalue weighted by atomic mass is 10.2. The van der Waals surface area contributed by atoms with E-state index < -0.39 is 5.97 Å². The maximum atomic E-state index is 13.0. The molecule has 2 N–H and O–H groups in total. The van der Waals surface area contributed by atoms with Crippen LogP contribution < -0.4 is 5.32 Å². The number of carboxylic acid groups (broad SMARTS) is 1. The second-order valence-corrected chi connectivity index (χ2v) is 5.98. The Hall–Kier alpha value is -3.32. The maximum absolute atomic E-state index is 13.0. The smallest absolute Gasteiger partial charge is 0.335 e. The first kappa shape index (κ1) is 18.5. The fourth-order valence-corrected chi connectivity index (χ4v) is 2.67. The van der Waals surface area contributed by atoms with Gasteiger partial charge in [0, 0.05) is 25.5 Å². The summed E-state index contributed by atoms with van der Waals surface area (Å²) in [5, 5.41) is 12.4. The summed E-state index contributed by atoms with van der Waals surface area (Å²) in [6.07, 6.45) is 5.09. The monoisotopic (exact) mass is 366 g/mol. The molecule has 0 aliphatic rings. The van der Waals surface area contributed by atoms with E-state index in [0.717, 1.165) is 11.4 Å². The van der Waals surface area contributed by atoms with E-state index in [9.17, 15) is 14.3 Å². The fraction of sp³-hybridized carbons (Fsp3) is 0.150. The average molecular weight is 366 g/mol. The zero-order valence-electron chi connectivity index (χ0n) is 14.6. The van der Waals surface area contributed by atoms with E-state index in [-0.39, 0.29) is 11.4 Å². The molecule has 0 spiro atoms. The highest BCUT2D eigenvalue weighted by Crippen LogP contribution is 2.09. The molecule has 1 aromatic carbocycles. The minimum absolute atomic E-state index is 0.175. The van der Waals surface area contributed by atoms with Gasteiger partial charge in [-0.2, -0.15) is 0 Å². The van der Waals surface area contributed by atoms with Crippen molar-refractivity contribution in [3.8, 4) is 0 Å². The molecule has 0 atom stereocenters. The minimum Gasteiger partial charge on any atom is -0.478 e. The number of carbonyl (C=O) groups is 1. The Kier molecular flexibility index (Phi) is 5.73. The molecule has 2 aromatic heterocycles. The van der Waals surface area contributed by atoms with Crippen LogP contribution in [0, 0.1) is 5.82 Å². The van der Waals surface area contributed by atoms with E-state index >= 15 is 0 Å². The molecular formula is C20H19FN4O2. The van der Waals surface area contributed by atoms with E-state index in [4.69, 9.17) is 0 Å². The number of aromatic carboxylic acids is 1. The summed E-state index contributed by atoms with van der Waals surface area (Å²) in [6.45, 7) is 5.10. The van der Waals surface area contributed by atoms with Crippen LogP contribution in [0.15, 0.2) is 55.4 Å². The topological polar surface area (TPSA) is 80.0 Å². The first-order valence-corrected chi connectivity index (χ1v) is 8.37. The maximum Gasteiger partial charge on any atom is 0.335 e. The quantitative estimate of drug-likeness (QED) is 0.640. The van der Waals surface area contributed by atoms with Crippen LogP contribution >= 0.6 is 0 Å². The molecule has 2 heterocycles. The van der Waals surface area contributed by atoms with Crippen LogP contribution in [-0.2, 0) is 19.6 Å². The summed E-state index contributed by atoms with van der Waals surface area (Å²) in [7, 11) is 0. The number of nitrogens with zero attached hydrogens (tertiary/aromatic N) is 3. The van der Waals surface area contributed by atoms with Gasteiger partial charge in [0.05, 0.1) is 23.5 Å². The number of nitrogens with one attached hydrogen (secondary N) is 1. The average Bonchev–Trinajstić information content (AvgIpc) is 3.10. The molecule has 6 nitrogen and oxygen atoms in total. The number of pyridine rings is 1. The van der Waals surface area contributed by atoms with Crippen molar-refractivity contribution in [2.24, 2.45) is 0 Å². The number of rotatable bonds is 8. The molecule has 0 bridgehead atoms. The zero-order valence-corrected chi connectivity index (χ0v) is 14.6. The lowest BCUT2D eigenvalue weighted by molar-refractivity contribution is 0.0696. The predicted molar refractivity (Wildman–Crippen MR) is 99.6 cm³/mol.